The molecule has 0 spiro atoms. The SMILES string of the molecule is CC(O)C(NC(=O)C(Cc1cnc[nH]1)NC(=O)CN)C(=O)NC(CC(N)=O)C(=O)O. The van der Waals surface area contributed by atoms with Gasteiger partial charge in [0.15, 0.2) is 0 Å². The molecule has 4 unspecified atom stereocenters. The first-order valence-electron chi connectivity index (χ1n) is 8.81. The number of nitrogens with one attached hydrogen (secondary N) is 4. The Labute approximate surface area is 170 Å². The summed E-state index contributed by atoms with van der Waals surface area (Å²) in [6.45, 7) is 0.803. The molecule has 0 bridgehead atoms. The van der Waals surface area contributed by atoms with Gasteiger partial charge in [0.25, 0.3) is 0 Å². The van der Waals surface area contributed by atoms with Crippen LogP contribution in [0.4, 0.5) is 0 Å². The minimum Gasteiger partial charge on any atom is -0.480 e. The molecule has 1 aromatic heterocycles. The molecule has 0 aliphatic rings. The third kappa shape index (κ3) is 7.84. The second kappa shape index (κ2) is 11.5. The highest BCUT2D eigenvalue weighted by atomic mass is 16.4. The molecule has 1 rings (SSSR count). The van der Waals surface area contributed by atoms with E-state index in [1.54, 1.807) is 0 Å². The zero-order valence-corrected chi connectivity index (χ0v) is 16.1. The lowest BCUT2D eigenvalue weighted by Crippen LogP contribution is -2.59. The van der Waals surface area contributed by atoms with Crippen LogP contribution in [0.2, 0.25) is 0 Å². The van der Waals surface area contributed by atoms with Gasteiger partial charge in [-0.25, -0.2) is 9.78 Å². The first-order valence-corrected chi connectivity index (χ1v) is 8.81. The highest BCUT2D eigenvalue weighted by molar-refractivity contribution is 5.94. The lowest BCUT2D eigenvalue weighted by atomic mass is 10.1. The largest absolute Gasteiger partial charge is 0.480 e. The van der Waals surface area contributed by atoms with Crippen molar-refractivity contribution in [2.24, 2.45) is 11.5 Å². The van der Waals surface area contributed by atoms with Gasteiger partial charge in [-0.15, -0.1) is 0 Å². The molecule has 0 saturated carbocycles. The van der Waals surface area contributed by atoms with Crippen molar-refractivity contribution in [2.75, 3.05) is 6.54 Å². The molecule has 0 fully saturated rings. The highest BCUT2D eigenvalue weighted by Gasteiger charge is 2.32. The fourth-order valence-corrected chi connectivity index (χ4v) is 2.40. The van der Waals surface area contributed by atoms with E-state index >= 15 is 0 Å². The van der Waals surface area contributed by atoms with Crippen LogP contribution in [0, 0.1) is 0 Å². The quantitative estimate of drug-likeness (QED) is 0.161. The van der Waals surface area contributed by atoms with Crippen molar-refractivity contribution in [3.63, 3.8) is 0 Å². The molecule has 14 heteroatoms. The van der Waals surface area contributed by atoms with Crippen molar-refractivity contribution < 1.29 is 34.2 Å². The molecular weight excluding hydrogens is 402 g/mol. The Balaban J connectivity index is 2.94. The summed E-state index contributed by atoms with van der Waals surface area (Å²) >= 11 is 0. The molecule has 4 atom stereocenters. The second-order valence-electron chi connectivity index (χ2n) is 6.40. The number of aromatic nitrogens is 2. The summed E-state index contributed by atoms with van der Waals surface area (Å²) in [7, 11) is 0. The molecule has 1 aromatic rings. The van der Waals surface area contributed by atoms with Gasteiger partial charge in [-0.05, 0) is 6.92 Å². The van der Waals surface area contributed by atoms with Crippen LogP contribution < -0.4 is 27.4 Å². The molecule has 14 nitrogen and oxygen atoms in total. The molecule has 10 N–H and O–H groups in total. The molecule has 4 amide bonds. The maximum atomic E-state index is 12.7. The van der Waals surface area contributed by atoms with Gasteiger partial charge in [0, 0.05) is 18.3 Å². The van der Waals surface area contributed by atoms with E-state index in [0.29, 0.717) is 5.69 Å². The smallest absolute Gasteiger partial charge is 0.326 e. The summed E-state index contributed by atoms with van der Waals surface area (Å²) in [6, 6.07) is -4.39. The number of aliphatic carboxylic acids is 1. The number of carbonyl (C=O) groups is 5. The van der Waals surface area contributed by atoms with Crippen molar-refractivity contribution >= 4 is 29.6 Å². The molecule has 0 radical (unpaired) electrons. The lowest BCUT2D eigenvalue weighted by molar-refractivity contribution is -0.144. The van der Waals surface area contributed by atoms with E-state index in [-0.39, 0.29) is 13.0 Å². The zero-order valence-electron chi connectivity index (χ0n) is 16.1. The third-order valence-electron chi connectivity index (χ3n) is 3.90. The average molecular weight is 427 g/mol. The number of carbonyl (C=O) groups excluding carboxylic acids is 4. The molecule has 0 saturated heterocycles. The second-order valence-corrected chi connectivity index (χ2v) is 6.40. The van der Waals surface area contributed by atoms with Crippen molar-refractivity contribution in [3.8, 4) is 0 Å². The number of H-pyrrole nitrogens is 1. The van der Waals surface area contributed by atoms with Gasteiger partial charge in [0.2, 0.25) is 23.6 Å². The van der Waals surface area contributed by atoms with Gasteiger partial charge in [0.1, 0.15) is 18.1 Å². The standard InChI is InChI=1S/C16H25N7O7/c1-7(24)13(15(28)22-10(16(29)30)3-11(18)25)23-14(27)9(21-12(26)4-17)2-8-5-19-6-20-8/h5-7,9-10,13,24H,2-4,17H2,1H3,(H2,18,25)(H,19,20)(H,21,26)(H,22,28)(H,23,27)(H,29,30). The van der Waals surface area contributed by atoms with Gasteiger partial charge in [-0.3, -0.25) is 19.2 Å². The number of aliphatic hydroxyl groups excluding tert-OH is 1. The number of rotatable bonds is 12. The average Bonchev–Trinajstić information content (AvgIpc) is 3.16. The molecule has 0 aliphatic heterocycles. The number of aliphatic hydroxyl groups is 1. The molecule has 1 heterocycles. The van der Waals surface area contributed by atoms with Crippen LogP contribution in [0.3, 0.4) is 0 Å². The Morgan fingerprint density at radius 3 is 2.27 bits per heavy atom. The zero-order chi connectivity index (χ0) is 22.8. The van der Waals surface area contributed by atoms with Crippen LogP contribution in [-0.2, 0) is 30.4 Å². The first kappa shape index (κ1) is 24.5. The number of carboxylic acid groups (broad SMARTS) is 1. The fourth-order valence-electron chi connectivity index (χ4n) is 2.40. The van der Waals surface area contributed by atoms with Gasteiger partial charge >= 0.3 is 5.97 Å². The summed E-state index contributed by atoms with van der Waals surface area (Å²) in [5.74, 6) is -5.03. The van der Waals surface area contributed by atoms with Crippen molar-refractivity contribution in [1.29, 1.82) is 0 Å². The molecule has 30 heavy (non-hydrogen) atoms. The maximum absolute atomic E-state index is 12.7. The van der Waals surface area contributed by atoms with Crippen LogP contribution in [0.15, 0.2) is 12.5 Å². The monoisotopic (exact) mass is 427 g/mol. The summed E-state index contributed by atoms with van der Waals surface area (Å²) in [5.41, 5.74) is 10.7. The molecular formula is C16H25N7O7. The van der Waals surface area contributed by atoms with E-state index in [9.17, 15) is 29.1 Å². The number of amides is 4. The van der Waals surface area contributed by atoms with Gasteiger partial charge < -0.3 is 42.6 Å². The van der Waals surface area contributed by atoms with Gasteiger partial charge in [0.05, 0.1) is 25.4 Å². The maximum Gasteiger partial charge on any atom is 0.326 e. The van der Waals surface area contributed by atoms with Crippen LogP contribution in [0.25, 0.3) is 0 Å². The normalized spacial score (nSPS) is 14.6. The molecule has 166 valence electrons. The predicted octanol–water partition coefficient (Wildman–Crippen LogP) is -4.29. The van der Waals surface area contributed by atoms with Crippen molar-refractivity contribution in [2.45, 2.75) is 44.0 Å². The van der Waals surface area contributed by atoms with Gasteiger partial charge in [-0.1, -0.05) is 0 Å². The van der Waals surface area contributed by atoms with E-state index in [1.165, 1.54) is 19.4 Å². The van der Waals surface area contributed by atoms with E-state index < -0.39 is 60.2 Å². The Bertz CT molecular complexity index is 766. The van der Waals surface area contributed by atoms with E-state index in [1.807, 2.05) is 5.32 Å². The Morgan fingerprint density at radius 2 is 1.80 bits per heavy atom. The van der Waals surface area contributed by atoms with Gasteiger partial charge in [-0.2, -0.15) is 0 Å². The summed E-state index contributed by atoms with van der Waals surface area (Å²) in [4.78, 5) is 65.4. The van der Waals surface area contributed by atoms with E-state index in [2.05, 4.69) is 20.6 Å². The molecule has 0 aromatic carbocycles. The van der Waals surface area contributed by atoms with E-state index in [4.69, 9.17) is 16.6 Å². The number of imidazole rings is 1. The first-order chi connectivity index (χ1) is 14.0. The lowest BCUT2D eigenvalue weighted by Gasteiger charge is -2.25. The minimum absolute atomic E-state index is 0.0227. The Hall–Kier alpha value is -3.52. The fraction of sp³-hybridized carbons (Fsp3) is 0.500. The Morgan fingerprint density at radius 1 is 1.13 bits per heavy atom. The van der Waals surface area contributed by atoms with E-state index in [0.717, 1.165) is 0 Å². The number of primary amides is 1. The predicted molar refractivity (Wildman–Crippen MR) is 100 cm³/mol. The number of hydrogen-bond donors (Lipinski definition) is 8. The summed E-state index contributed by atoms with van der Waals surface area (Å²) in [5, 5.41) is 25.7. The van der Waals surface area contributed by atoms with Crippen molar-refractivity contribution in [3.05, 3.63) is 18.2 Å². The number of nitrogens with zero attached hydrogens (tertiary/aromatic N) is 1. The van der Waals surface area contributed by atoms with Crippen LogP contribution in [-0.4, -0.2) is 80.6 Å². The number of nitrogens with two attached hydrogens (primary N) is 2. The van der Waals surface area contributed by atoms with Crippen LogP contribution in [0.1, 0.15) is 19.0 Å². The minimum atomic E-state index is -1.65. The summed E-state index contributed by atoms with van der Waals surface area (Å²) < 4.78 is 0. The number of aromatic amines is 1. The van der Waals surface area contributed by atoms with Crippen LogP contribution >= 0.6 is 0 Å². The highest BCUT2D eigenvalue weighted by Crippen LogP contribution is 2.03. The van der Waals surface area contributed by atoms with Crippen LogP contribution in [0.5, 0.6) is 0 Å². The summed E-state index contributed by atoms with van der Waals surface area (Å²) in [6.07, 6.45) is 0.651. The van der Waals surface area contributed by atoms with Crippen molar-refractivity contribution in [1.82, 2.24) is 25.9 Å². The third-order valence-corrected chi connectivity index (χ3v) is 3.90. The number of hydrogen-bond acceptors (Lipinski definition) is 8. The Kier molecular flexibility index (Phi) is 9.38. The number of carboxylic acids is 1. The molecule has 0 aliphatic carbocycles. The topological polar surface area (TPSA) is 243 Å².